The van der Waals surface area contributed by atoms with Crippen molar-refractivity contribution in [1.82, 2.24) is 20.0 Å². The molecule has 30 heavy (non-hydrogen) atoms. The molecule has 0 amide bonds. The van der Waals surface area contributed by atoms with Crippen LogP contribution < -0.4 is 0 Å². The summed E-state index contributed by atoms with van der Waals surface area (Å²) in [5.41, 5.74) is 3.57. The normalized spacial score (nSPS) is 14.3. The van der Waals surface area contributed by atoms with E-state index in [1.54, 1.807) is 6.26 Å². The Labute approximate surface area is 181 Å². The van der Waals surface area contributed by atoms with Crippen molar-refractivity contribution in [3.63, 3.8) is 0 Å². The molecule has 0 saturated heterocycles. The molecular formula is C25H38N4O. The first-order valence-corrected chi connectivity index (χ1v) is 11.0. The number of aromatic nitrogens is 4. The van der Waals surface area contributed by atoms with E-state index in [2.05, 4.69) is 88.5 Å². The molecule has 0 spiro atoms. The second-order valence-corrected chi connectivity index (χ2v) is 11.2. The van der Waals surface area contributed by atoms with Crippen LogP contribution in [0, 0.1) is 0 Å². The molecule has 1 N–H and O–H groups in total. The number of hydrogen-bond acceptors (Lipinski definition) is 3. The van der Waals surface area contributed by atoms with Crippen LogP contribution in [0.1, 0.15) is 97.1 Å². The lowest BCUT2D eigenvalue weighted by Gasteiger charge is -2.29. The molecule has 0 radical (unpaired) electrons. The van der Waals surface area contributed by atoms with E-state index in [1.165, 1.54) is 5.69 Å². The van der Waals surface area contributed by atoms with E-state index >= 15 is 0 Å². The first-order chi connectivity index (χ1) is 13.9. The van der Waals surface area contributed by atoms with Gasteiger partial charge in [-0.15, -0.1) is 0 Å². The standard InChI is InChI=1S/C25H38N4O/c1-23(2,3)20-17-18(27-28-20)16-19(29-21(12-14-26-29)24(4,5)6)11-13-25(7,8)22-10-9-15-30-22/h9-10,12,14-15,17,19H,11,13,16H2,1-8H3,(H,27,28). The molecule has 5 nitrogen and oxygen atoms in total. The quantitative estimate of drug-likeness (QED) is 0.494. The van der Waals surface area contributed by atoms with Gasteiger partial charge in [-0.25, -0.2) is 0 Å². The molecule has 3 rings (SSSR count). The molecule has 0 aliphatic rings. The van der Waals surface area contributed by atoms with E-state index in [0.717, 1.165) is 36.4 Å². The fraction of sp³-hybridized carbons (Fsp3) is 0.600. The van der Waals surface area contributed by atoms with Crippen molar-refractivity contribution in [2.75, 3.05) is 0 Å². The van der Waals surface area contributed by atoms with Crippen LogP contribution in [0.5, 0.6) is 0 Å². The summed E-state index contributed by atoms with van der Waals surface area (Å²) in [6, 6.07) is 8.66. The lowest BCUT2D eigenvalue weighted by molar-refractivity contribution is 0.304. The monoisotopic (exact) mass is 410 g/mol. The third-order valence-electron chi connectivity index (χ3n) is 5.93. The number of nitrogens with one attached hydrogen (secondary N) is 1. The fourth-order valence-corrected chi connectivity index (χ4v) is 3.93. The summed E-state index contributed by atoms with van der Waals surface area (Å²) in [5.74, 6) is 1.04. The molecule has 3 heterocycles. The predicted octanol–water partition coefficient (Wildman–Crippen LogP) is 6.34. The van der Waals surface area contributed by atoms with E-state index in [1.807, 2.05) is 12.3 Å². The van der Waals surface area contributed by atoms with E-state index in [-0.39, 0.29) is 22.3 Å². The van der Waals surface area contributed by atoms with Gasteiger partial charge in [0.25, 0.3) is 0 Å². The minimum Gasteiger partial charge on any atom is -0.469 e. The minimum atomic E-state index is -0.0264. The van der Waals surface area contributed by atoms with Crippen LogP contribution in [0.3, 0.4) is 0 Å². The van der Waals surface area contributed by atoms with Crippen molar-refractivity contribution in [1.29, 1.82) is 0 Å². The molecule has 0 aliphatic carbocycles. The maximum atomic E-state index is 5.72. The largest absolute Gasteiger partial charge is 0.469 e. The lowest BCUT2D eigenvalue weighted by Crippen LogP contribution is -2.26. The Morgan fingerprint density at radius 2 is 1.77 bits per heavy atom. The minimum absolute atomic E-state index is 0.0264. The van der Waals surface area contributed by atoms with Crippen molar-refractivity contribution in [3.8, 4) is 0 Å². The Morgan fingerprint density at radius 1 is 1.03 bits per heavy atom. The topological polar surface area (TPSA) is 59.6 Å². The summed E-state index contributed by atoms with van der Waals surface area (Å²) in [7, 11) is 0. The van der Waals surface area contributed by atoms with Crippen molar-refractivity contribution >= 4 is 0 Å². The van der Waals surface area contributed by atoms with E-state index in [4.69, 9.17) is 9.52 Å². The molecule has 1 atom stereocenters. The van der Waals surface area contributed by atoms with Crippen LogP contribution in [-0.2, 0) is 22.7 Å². The van der Waals surface area contributed by atoms with Crippen molar-refractivity contribution in [2.45, 2.75) is 96.9 Å². The van der Waals surface area contributed by atoms with Gasteiger partial charge in [0, 0.05) is 40.3 Å². The molecule has 1 unspecified atom stereocenters. The number of hydrogen-bond donors (Lipinski definition) is 1. The SMILES string of the molecule is CC(C)(C)c1cc(CC(CCC(C)(C)c2ccco2)n2nccc2C(C)(C)C)[nH]n1. The average molecular weight is 411 g/mol. The number of H-pyrrole nitrogens is 1. The third-order valence-corrected chi connectivity index (χ3v) is 5.93. The molecule has 0 fully saturated rings. The van der Waals surface area contributed by atoms with Crippen LogP contribution in [0.15, 0.2) is 41.1 Å². The summed E-state index contributed by atoms with van der Waals surface area (Å²) >= 11 is 0. The maximum absolute atomic E-state index is 5.72. The highest BCUT2D eigenvalue weighted by atomic mass is 16.3. The highest BCUT2D eigenvalue weighted by Crippen LogP contribution is 2.34. The Bertz CT molecular complexity index is 933. The van der Waals surface area contributed by atoms with Gasteiger partial charge in [-0.05, 0) is 37.1 Å². The first-order valence-electron chi connectivity index (χ1n) is 11.0. The molecule has 0 saturated carbocycles. The molecule has 3 aromatic rings. The Kier molecular flexibility index (Phi) is 6.03. The highest BCUT2D eigenvalue weighted by molar-refractivity contribution is 5.19. The first kappa shape index (κ1) is 22.4. The average Bonchev–Trinajstić information content (AvgIpc) is 3.38. The fourth-order valence-electron chi connectivity index (χ4n) is 3.93. The van der Waals surface area contributed by atoms with Crippen LogP contribution in [-0.4, -0.2) is 20.0 Å². The van der Waals surface area contributed by atoms with Gasteiger partial charge in [-0.1, -0.05) is 55.4 Å². The summed E-state index contributed by atoms with van der Waals surface area (Å²) < 4.78 is 7.95. The van der Waals surface area contributed by atoms with Gasteiger partial charge in [0.15, 0.2) is 0 Å². The molecule has 3 aromatic heterocycles. The van der Waals surface area contributed by atoms with Gasteiger partial charge in [-0.2, -0.15) is 10.2 Å². The molecule has 0 aliphatic heterocycles. The molecule has 5 heteroatoms. The zero-order valence-electron chi connectivity index (χ0n) is 19.9. The summed E-state index contributed by atoms with van der Waals surface area (Å²) in [6.45, 7) is 17.8. The van der Waals surface area contributed by atoms with Crippen molar-refractivity contribution in [3.05, 3.63) is 59.6 Å². The third kappa shape index (κ3) is 5.05. The number of rotatable bonds is 7. The number of aromatic amines is 1. The lowest BCUT2D eigenvalue weighted by atomic mass is 9.83. The van der Waals surface area contributed by atoms with Crippen LogP contribution >= 0.6 is 0 Å². The summed E-state index contributed by atoms with van der Waals surface area (Å²) in [4.78, 5) is 0. The van der Waals surface area contributed by atoms with Gasteiger partial charge in [0.05, 0.1) is 18.0 Å². The maximum Gasteiger partial charge on any atom is 0.109 e. The predicted molar refractivity (Wildman–Crippen MR) is 122 cm³/mol. The summed E-state index contributed by atoms with van der Waals surface area (Å²) in [5, 5.41) is 12.6. The van der Waals surface area contributed by atoms with E-state index in [0.29, 0.717) is 0 Å². The number of nitrogens with zero attached hydrogens (tertiary/aromatic N) is 3. The Hall–Kier alpha value is -2.30. The molecule has 164 valence electrons. The van der Waals surface area contributed by atoms with Gasteiger partial charge in [0.2, 0.25) is 0 Å². The van der Waals surface area contributed by atoms with Gasteiger partial charge >= 0.3 is 0 Å². The van der Waals surface area contributed by atoms with Crippen LogP contribution in [0.2, 0.25) is 0 Å². The zero-order valence-corrected chi connectivity index (χ0v) is 19.9. The van der Waals surface area contributed by atoms with Crippen LogP contribution in [0.25, 0.3) is 0 Å². The second kappa shape index (κ2) is 8.09. The molecular weight excluding hydrogens is 372 g/mol. The number of furan rings is 1. The zero-order chi connectivity index (χ0) is 22.2. The van der Waals surface area contributed by atoms with E-state index < -0.39 is 0 Å². The smallest absolute Gasteiger partial charge is 0.109 e. The molecule has 0 bridgehead atoms. The highest BCUT2D eigenvalue weighted by Gasteiger charge is 2.29. The van der Waals surface area contributed by atoms with Gasteiger partial charge < -0.3 is 4.42 Å². The van der Waals surface area contributed by atoms with Crippen molar-refractivity contribution in [2.24, 2.45) is 0 Å². The molecule has 0 aromatic carbocycles. The Morgan fingerprint density at radius 3 is 2.33 bits per heavy atom. The van der Waals surface area contributed by atoms with Crippen LogP contribution in [0.4, 0.5) is 0 Å². The second-order valence-electron chi connectivity index (χ2n) is 11.2. The summed E-state index contributed by atoms with van der Waals surface area (Å²) in [6.07, 6.45) is 6.58. The van der Waals surface area contributed by atoms with Gasteiger partial charge in [-0.3, -0.25) is 9.78 Å². The van der Waals surface area contributed by atoms with Gasteiger partial charge in [0.1, 0.15) is 5.76 Å². The van der Waals surface area contributed by atoms with Crippen molar-refractivity contribution < 1.29 is 4.42 Å². The Balaban J connectivity index is 1.87. The van der Waals surface area contributed by atoms with E-state index in [9.17, 15) is 0 Å².